The highest BCUT2D eigenvalue weighted by atomic mass is 16.6. The maximum absolute atomic E-state index is 13.5. The Morgan fingerprint density at radius 1 is 0.971 bits per heavy atom. The molecule has 7 heteroatoms. The van der Waals surface area contributed by atoms with Gasteiger partial charge in [-0.15, -0.1) is 0 Å². The van der Waals surface area contributed by atoms with Crippen LogP contribution in [0.15, 0.2) is 35.5 Å². The molecule has 180 valence electrons. The van der Waals surface area contributed by atoms with Crippen molar-refractivity contribution >= 4 is 23.1 Å². The molecule has 1 heterocycles. The molecule has 2 aliphatic rings. The summed E-state index contributed by atoms with van der Waals surface area (Å²) < 4.78 is 16.5. The molecule has 34 heavy (non-hydrogen) atoms. The van der Waals surface area contributed by atoms with Gasteiger partial charge in [-0.1, -0.05) is 13.8 Å². The number of ketones is 1. The lowest BCUT2D eigenvalue weighted by molar-refractivity contribution is -0.132. The molecular weight excluding hydrogens is 432 g/mol. The number of carbonyl (C=O) groups excluding carboxylic acids is 2. The van der Waals surface area contributed by atoms with Crippen molar-refractivity contribution in [3.8, 4) is 17.2 Å². The van der Waals surface area contributed by atoms with Gasteiger partial charge in [0.1, 0.15) is 0 Å². The standard InChI is InChI=1S/C27H32N2O5/c1-14-8-18-19(9-15(14)2)29-25(24-20(28-18)12-27(4,5)13-21(24)31)17-10-22(32-6)26(34-16(3)30)23(11-17)33-7/h8-11,25,28-29H,12-13H2,1-7H3/t25-/m1/s1. The van der Waals surface area contributed by atoms with Crippen LogP contribution in [0.25, 0.3) is 0 Å². The molecule has 0 unspecified atom stereocenters. The lowest BCUT2D eigenvalue weighted by atomic mass is 9.73. The highest BCUT2D eigenvalue weighted by molar-refractivity contribution is 6.01. The lowest BCUT2D eigenvalue weighted by Gasteiger charge is -2.34. The van der Waals surface area contributed by atoms with E-state index in [9.17, 15) is 9.59 Å². The van der Waals surface area contributed by atoms with Gasteiger partial charge in [0, 0.05) is 24.6 Å². The van der Waals surface area contributed by atoms with Gasteiger partial charge in [0.15, 0.2) is 17.3 Å². The first-order chi connectivity index (χ1) is 16.0. The Kier molecular flexibility index (Phi) is 6.06. The Morgan fingerprint density at radius 3 is 2.12 bits per heavy atom. The number of anilines is 2. The quantitative estimate of drug-likeness (QED) is 0.458. The Bertz CT molecular complexity index is 1190. The minimum Gasteiger partial charge on any atom is -0.493 e. The van der Waals surface area contributed by atoms with Crippen molar-refractivity contribution in [1.82, 2.24) is 0 Å². The van der Waals surface area contributed by atoms with Crippen LogP contribution in [-0.4, -0.2) is 26.0 Å². The van der Waals surface area contributed by atoms with Crippen LogP contribution in [0, 0.1) is 19.3 Å². The summed E-state index contributed by atoms with van der Waals surface area (Å²) in [6.45, 7) is 9.70. The number of Topliss-reactive ketones (excluding diaryl/α,β-unsaturated/α-hetero) is 1. The molecule has 7 nitrogen and oxygen atoms in total. The van der Waals surface area contributed by atoms with Gasteiger partial charge < -0.3 is 24.8 Å². The van der Waals surface area contributed by atoms with E-state index >= 15 is 0 Å². The molecule has 0 amide bonds. The van der Waals surface area contributed by atoms with Crippen LogP contribution in [0.2, 0.25) is 0 Å². The number of ether oxygens (including phenoxy) is 3. The summed E-state index contributed by atoms with van der Waals surface area (Å²) in [5.41, 5.74) is 6.43. The number of allylic oxidation sites excluding steroid dienone is 1. The van der Waals surface area contributed by atoms with E-state index in [0.717, 1.165) is 34.6 Å². The van der Waals surface area contributed by atoms with E-state index in [-0.39, 0.29) is 16.9 Å². The average Bonchev–Trinajstić information content (AvgIpc) is 2.89. The van der Waals surface area contributed by atoms with Gasteiger partial charge in [0.2, 0.25) is 5.75 Å². The first-order valence-corrected chi connectivity index (χ1v) is 11.4. The number of esters is 1. The number of methoxy groups -OCH3 is 2. The zero-order chi connectivity index (χ0) is 24.8. The van der Waals surface area contributed by atoms with E-state index in [2.05, 4.69) is 50.5 Å². The minimum atomic E-state index is -0.476. The summed E-state index contributed by atoms with van der Waals surface area (Å²) in [6.07, 6.45) is 1.21. The molecule has 0 fully saturated rings. The summed E-state index contributed by atoms with van der Waals surface area (Å²) in [4.78, 5) is 25.2. The maximum Gasteiger partial charge on any atom is 0.308 e. The summed E-state index contributed by atoms with van der Waals surface area (Å²) in [7, 11) is 3.02. The lowest BCUT2D eigenvalue weighted by Crippen LogP contribution is -2.31. The van der Waals surface area contributed by atoms with Gasteiger partial charge in [0.25, 0.3) is 0 Å². The van der Waals surface area contributed by atoms with E-state index in [1.54, 1.807) is 12.1 Å². The molecule has 0 aromatic heterocycles. The summed E-state index contributed by atoms with van der Waals surface area (Å²) in [5.74, 6) is 0.546. The zero-order valence-corrected chi connectivity index (χ0v) is 20.8. The second-order valence-electron chi connectivity index (χ2n) is 9.87. The highest BCUT2D eigenvalue weighted by Crippen LogP contribution is 2.48. The van der Waals surface area contributed by atoms with Crippen molar-refractivity contribution in [3.05, 3.63) is 52.2 Å². The molecular formula is C27H32N2O5. The number of hydrogen-bond acceptors (Lipinski definition) is 7. The third kappa shape index (κ3) is 4.34. The van der Waals surface area contributed by atoms with E-state index in [0.29, 0.717) is 23.5 Å². The molecule has 2 aromatic carbocycles. The van der Waals surface area contributed by atoms with Crippen LogP contribution < -0.4 is 24.8 Å². The first-order valence-electron chi connectivity index (χ1n) is 11.4. The maximum atomic E-state index is 13.5. The Balaban J connectivity index is 1.93. The number of hydrogen-bond donors (Lipinski definition) is 2. The van der Waals surface area contributed by atoms with Crippen molar-refractivity contribution in [2.24, 2.45) is 5.41 Å². The number of rotatable bonds is 4. The third-order valence-corrected chi connectivity index (χ3v) is 6.49. The van der Waals surface area contributed by atoms with Crippen LogP contribution in [0.1, 0.15) is 56.3 Å². The topological polar surface area (TPSA) is 85.9 Å². The van der Waals surface area contributed by atoms with Gasteiger partial charge in [0.05, 0.1) is 31.6 Å². The molecule has 2 aromatic rings. The van der Waals surface area contributed by atoms with E-state index in [4.69, 9.17) is 14.2 Å². The zero-order valence-electron chi connectivity index (χ0n) is 20.8. The normalized spacial score (nSPS) is 18.7. The summed E-state index contributed by atoms with van der Waals surface area (Å²) in [6, 6.07) is 7.36. The second-order valence-corrected chi connectivity index (χ2v) is 9.87. The Hall–Kier alpha value is -3.48. The average molecular weight is 465 g/mol. The van der Waals surface area contributed by atoms with Crippen LogP contribution >= 0.6 is 0 Å². The molecule has 2 N–H and O–H groups in total. The molecule has 4 rings (SSSR count). The predicted octanol–water partition coefficient (Wildman–Crippen LogP) is 5.47. The van der Waals surface area contributed by atoms with Gasteiger partial charge in [-0.25, -0.2) is 0 Å². The smallest absolute Gasteiger partial charge is 0.308 e. The predicted molar refractivity (Wildman–Crippen MR) is 132 cm³/mol. The first kappa shape index (κ1) is 23.7. The van der Waals surface area contributed by atoms with Gasteiger partial charge in [-0.05, 0) is 66.6 Å². The molecule has 0 spiro atoms. The SMILES string of the molecule is COc1cc([C@H]2Nc3cc(C)c(C)cc3NC3=C2C(=O)CC(C)(C)C3)cc(OC)c1OC(C)=O. The second kappa shape index (κ2) is 8.70. The van der Waals surface area contributed by atoms with Crippen molar-refractivity contribution < 1.29 is 23.8 Å². The number of benzene rings is 2. The van der Waals surface area contributed by atoms with Crippen LogP contribution in [0.3, 0.4) is 0 Å². The number of aryl methyl sites for hydroxylation is 2. The summed E-state index contributed by atoms with van der Waals surface area (Å²) in [5, 5.41) is 7.18. The van der Waals surface area contributed by atoms with Crippen molar-refractivity contribution in [2.45, 2.75) is 53.5 Å². The van der Waals surface area contributed by atoms with Crippen LogP contribution in [0.5, 0.6) is 17.2 Å². The molecule has 1 atom stereocenters. The Labute approximate surface area is 200 Å². The van der Waals surface area contributed by atoms with Crippen LogP contribution in [0.4, 0.5) is 11.4 Å². The Morgan fingerprint density at radius 2 is 1.56 bits per heavy atom. The monoisotopic (exact) mass is 464 g/mol. The fourth-order valence-electron chi connectivity index (χ4n) is 4.77. The van der Waals surface area contributed by atoms with E-state index in [1.165, 1.54) is 26.7 Å². The van der Waals surface area contributed by atoms with E-state index in [1.807, 2.05) is 0 Å². The van der Waals surface area contributed by atoms with Crippen molar-refractivity contribution in [3.63, 3.8) is 0 Å². The molecule has 0 saturated carbocycles. The summed E-state index contributed by atoms with van der Waals surface area (Å²) >= 11 is 0. The molecule has 0 radical (unpaired) electrons. The van der Waals surface area contributed by atoms with Crippen LogP contribution in [-0.2, 0) is 9.59 Å². The van der Waals surface area contributed by atoms with Gasteiger partial charge in [-0.3, -0.25) is 9.59 Å². The largest absolute Gasteiger partial charge is 0.493 e. The minimum absolute atomic E-state index is 0.0968. The van der Waals surface area contributed by atoms with Crippen molar-refractivity contribution in [2.75, 3.05) is 24.9 Å². The van der Waals surface area contributed by atoms with Gasteiger partial charge in [-0.2, -0.15) is 0 Å². The fourth-order valence-corrected chi connectivity index (χ4v) is 4.77. The number of fused-ring (bicyclic) bond motifs is 1. The molecule has 1 aliphatic carbocycles. The van der Waals surface area contributed by atoms with Gasteiger partial charge >= 0.3 is 5.97 Å². The van der Waals surface area contributed by atoms with E-state index < -0.39 is 12.0 Å². The fraction of sp³-hybridized carbons (Fsp3) is 0.407. The molecule has 1 aliphatic heterocycles. The highest BCUT2D eigenvalue weighted by Gasteiger charge is 2.39. The van der Waals surface area contributed by atoms with Crippen molar-refractivity contribution in [1.29, 1.82) is 0 Å². The molecule has 0 bridgehead atoms. The number of carbonyl (C=O) groups is 2. The molecule has 0 saturated heterocycles. The third-order valence-electron chi connectivity index (χ3n) is 6.49. The number of nitrogens with one attached hydrogen (secondary N) is 2.